The summed E-state index contributed by atoms with van der Waals surface area (Å²) in [5.74, 6) is -0.472. The van der Waals surface area contributed by atoms with Gasteiger partial charge in [0.25, 0.3) is 0 Å². The van der Waals surface area contributed by atoms with Crippen LogP contribution in [0.25, 0.3) is 0 Å². The summed E-state index contributed by atoms with van der Waals surface area (Å²) in [7, 11) is 0. The molecule has 5 heteroatoms. The van der Waals surface area contributed by atoms with Gasteiger partial charge >= 0.3 is 12.1 Å². The maximum absolute atomic E-state index is 11.5. The summed E-state index contributed by atoms with van der Waals surface area (Å²) in [6.45, 7) is 9.61. The summed E-state index contributed by atoms with van der Waals surface area (Å²) in [5.41, 5.74) is 0.330. The number of alkyl carbamates (subject to hydrolysis) is 1. The summed E-state index contributed by atoms with van der Waals surface area (Å²) in [5, 5.41) is 2.72. The molecule has 23 heavy (non-hydrogen) atoms. The number of rotatable bonds is 13. The number of carbonyl (C=O) groups excluding carboxylic acids is 2. The van der Waals surface area contributed by atoms with Gasteiger partial charge in [-0.3, -0.25) is 0 Å². The molecule has 0 aliphatic carbocycles. The van der Waals surface area contributed by atoms with Crippen LogP contribution in [0.3, 0.4) is 0 Å². The lowest BCUT2D eigenvalue weighted by molar-refractivity contribution is -0.141. The molecule has 0 aliphatic rings. The Hall–Kier alpha value is -1.52. The molecule has 0 saturated carbocycles. The normalized spacial score (nSPS) is 11.6. The van der Waals surface area contributed by atoms with E-state index >= 15 is 0 Å². The van der Waals surface area contributed by atoms with Crippen molar-refractivity contribution in [2.24, 2.45) is 0 Å². The SMILES string of the molecule is C=C(C)C(=O)OCC(C)OC(=O)NCCCCCCCCCC. The van der Waals surface area contributed by atoms with Gasteiger partial charge in [-0.25, -0.2) is 9.59 Å². The van der Waals surface area contributed by atoms with Gasteiger partial charge in [0.2, 0.25) is 0 Å². The molecule has 0 aromatic rings. The highest BCUT2D eigenvalue weighted by molar-refractivity contribution is 5.86. The van der Waals surface area contributed by atoms with Crippen molar-refractivity contribution in [1.29, 1.82) is 0 Å². The second-order valence-corrected chi connectivity index (χ2v) is 6.00. The Morgan fingerprint density at radius 2 is 1.61 bits per heavy atom. The molecule has 1 unspecified atom stereocenters. The molecule has 1 atom stereocenters. The van der Waals surface area contributed by atoms with E-state index in [1.54, 1.807) is 13.8 Å². The zero-order valence-electron chi connectivity index (χ0n) is 15.0. The Kier molecular flexibility index (Phi) is 13.2. The highest BCUT2D eigenvalue weighted by atomic mass is 16.6. The fourth-order valence-electron chi connectivity index (χ4n) is 2.02. The van der Waals surface area contributed by atoms with Crippen molar-refractivity contribution in [3.8, 4) is 0 Å². The van der Waals surface area contributed by atoms with E-state index in [2.05, 4.69) is 18.8 Å². The zero-order valence-corrected chi connectivity index (χ0v) is 15.0. The van der Waals surface area contributed by atoms with E-state index in [-0.39, 0.29) is 6.61 Å². The topological polar surface area (TPSA) is 64.6 Å². The van der Waals surface area contributed by atoms with Crippen LogP contribution in [0.5, 0.6) is 0 Å². The van der Waals surface area contributed by atoms with Crippen LogP contribution in [0.1, 0.15) is 72.1 Å². The second-order valence-electron chi connectivity index (χ2n) is 6.00. The Balaban J connectivity index is 3.49. The third-order valence-corrected chi connectivity index (χ3v) is 3.41. The summed E-state index contributed by atoms with van der Waals surface area (Å²) in [6.07, 6.45) is 8.87. The van der Waals surface area contributed by atoms with E-state index in [1.807, 2.05) is 0 Å². The monoisotopic (exact) mass is 327 g/mol. The lowest BCUT2D eigenvalue weighted by atomic mass is 10.1. The molecule has 0 bridgehead atoms. The Bertz CT molecular complexity index is 355. The fraction of sp³-hybridized carbons (Fsp3) is 0.778. The minimum atomic E-state index is -0.475. The summed E-state index contributed by atoms with van der Waals surface area (Å²) >= 11 is 0. The van der Waals surface area contributed by atoms with Crippen LogP contribution in [-0.4, -0.2) is 31.3 Å². The molecule has 0 rings (SSSR count). The quantitative estimate of drug-likeness (QED) is 0.310. The number of ether oxygens (including phenoxy) is 2. The molecule has 134 valence electrons. The van der Waals surface area contributed by atoms with Crippen LogP contribution in [0, 0.1) is 0 Å². The largest absolute Gasteiger partial charge is 0.458 e. The standard InChI is InChI=1S/C18H33NO4/c1-5-6-7-8-9-10-11-12-13-19-18(21)23-16(4)14-22-17(20)15(2)3/h16H,2,5-14H2,1,3-4H3,(H,19,21). The predicted octanol–water partition coefficient (Wildman–Crippen LogP) is 4.36. The Morgan fingerprint density at radius 3 is 2.17 bits per heavy atom. The van der Waals surface area contributed by atoms with Crippen LogP contribution in [0.2, 0.25) is 0 Å². The lowest BCUT2D eigenvalue weighted by Gasteiger charge is -2.14. The predicted molar refractivity (Wildman–Crippen MR) is 92.3 cm³/mol. The molecule has 0 saturated heterocycles. The number of esters is 1. The third kappa shape index (κ3) is 13.8. The second kappa shape index (κ2) is 14.1. The minimum absolute atomic E-state index is 0.0386. The first kappa shape index (κ1) is 21.5. The summed E-state index contributed by atoms with van der Waals surface area (Å²) in [6, 6.07) is 0. The van der Waals surface area contributed by atoms with Crippen LogP contribution in [-0.2, 0) is 14.3 Å². The van der Waals surface area contributed by atoms with Gasteiger partial charge in [0, 0.05) is 12.1 Å². The molecule has 1 N–H and O–H groups in total. The molecular formula is C18H33NO4. The average Bonchev–Trinajstić information content (AvgIpc) is 2.50. The minimum Gasteiger partial charge on any atom is -0.458 e. The van der Waals surface area contributed by atoms with Gasteiger partial charge in [-0.2, -0.15) is 0 Å². The smallest absolute Gasteiger partial charge is 0.407 e. The van der Waals surface area contributed by atoms with Crippen LogP contribution in [0.15, 0.2) is 12.2 Å². The first-order valence-corrected chi connectivity index (χ1v) is 8.74. The maximum atomic E-state index is 11.5. The van der Waals surface area contributed by atoms with Crippen molar-refractivity contribution < 1.29 is 19.1 Å². The van der Waals surface area contributed by atoms with Crippen molar-refractivity contribution in [3.05, 3.63) is 12.2 Å². The Morgan fingerprint density at radius 1 is 1.04 bits per heavy atom. The number of unbranched alkanes of at least 4 members (excludes halogenated alkanes) is 7. The molecule has 5 nitrogen and oxygen atoms in total. The van der Waals surface area contributed by atoms with E-state index < -0.39 is 18.2 Å². The van der Waals surface area contributed by atoms with Crippen LogP contribution < -0.4 is 5.32 Å². The molecule has 1 amide bonds. The number of carbonyl (C=O) groups is 2. The van der Waals surface area contributed by atoms with Crippen molar-refractivity contribution in [1.82, 2.24) is 5.32 Å². The average molecular weight is 327 g/mol. The highest BCUT2D eigenvalue weighted by Crippen LogP contribution is 2.08. The molecular weight excluding hydrogens is 294 g/mol. The van der Waals surface area contributed by atoms with Gasteiger partial charge in [0.05, 0.1) is 0 Å². The molecule has 0 fully saturated rings. The number of nitrogens with one attached hydrogen (secondary N) is 1. The molecule has 0 spiro atoms. The molecule has 0 aromatic heterocycles. The summed E-state index contributed by atoms with van der Waals surface area (Å²) < 4.78 is 10.0. The zero-order chi connectivity index (χ0) is 17.5. The molecule has 0 radical (unpaired) electrons. The fourth-order valence-corrected chi connectivity index (χ4v) is 2.02. The molecule has 0 heterocycles. The van der Waals surface area contributed by atoms with Gasteiger partial charge < -0.3 is 14.8 Å². The van der Waals surface area contributed by atoms with Gasteiger partial charge in [0.1, 0.15) is 12.7 Å². The Labute approximate surface area is 140 Å². The van der Waals surface area contributed by atoms with Gasteiger partial charge in [-0.1, -0.05) is 58.4 Å². The van der Waals surface area contributed by atoms with Crippen molar-refractivity contribution in [2.75, 3.05) is 13.2 Å². The van der Waals surface area contributed by atoms with Crippen LogP contribution in [0.4, 0.5) is 4.79 Å². The van der Waals surface area contributed by atoms with Gasteiger partial charge in [0.15, 0.2) is 0 Å². The van der Waals surface area contributed by atoms with E-state index in [0.717, 1.165) is 12.8 Å². The van der Waals surface area contributed by atoms with Gasteiger partial charge in [-0.15, -0.1) is 0 Å². The summed E-state index contributed by atoms with van der Waals surface area (Å²) in [4.78, 5) is 22.8. The van der Waals surface area contributed by atoms with Crippen molar-refractivity contribution >= 4 is 12.1 Å². The van der Waals surface area contributed by atoms with Crippen LogP contribution >= 0.6 is 0 Å². The van der Waals surface area contributed by atoms with E-state index in [9.17, 15) is 9.59 Å². The maximum Gasteiger partial charge on any atom is 0.407 e. The van der Waals surface area contributed by atoms with E-state index in [4.69, 9.17) is 9.47 Å². The van der Waals surface area contributed by atoms with E-state index in [1.165, 1.54) is 38.5 Å². The number of amides is 1. The van der Waals surface area contributed by atoms with E-state index in [0.29, 0.717) is 12.1 Å². The number of hydrogen-bond donors (Lipinski definition) is 1. The first-order valence-electron chi connectivity index (χ1n) is 8.74. The first-order chi connectivity index (χ1) is 11.0. The lowest BCUT2D eigenvalue weighted by Crippen LogP contribution is -2.31. The molecule has 0 aromatic carbocycles. The number of hydrogen-bond acceptors (Lipinski definition) is 4. The van der Waals surface area contributed by atoms with Crippen molar-refractivity contribution in [3.63, 3.8) is 0 Å². The van der Waals surface area contributed by atoms with Gasteiger partial charge in [-0.05, 0) is 20.3 Å². The third-order valence-electron chi connectivity index (χ3n) is 3.41. The highest BCUT2D eigenvalue weighted by Gasteiger charge is 2.12. The van der Waals surface area contributed by atoms with Crippen molar-refractivity contribution in [2.45, 2.75) is 78.2 Å². The molecule has 0 aliphatic heterocycles.